The Hall–Kier alpha value is -2.39. The summed E-state index contributed by atoms with van der Waals surface area (Å²) in [5.74, 6) is -0.249. The van der Waals surface area contributed by atoms with E-state index in [0.29, 0.717) is 16.3 Å². The number of para-hydroxylation sites is 1. The Morgan fingerprint density at radius 1 is 1.10 bits per heavy atom. The van der Waals surface area contributed by atoms with Crippen LogP contribution < -0.4 is 4.74 Å². The van der Waals surface area contributed by atoms with E-state index < -0.39 is 5.97 Å². The van der Waals surface area contributed by atoms with E-state index in [1.807, 2.05) is 0 Å². The molecule has 2 aromatic carbocycles. The molecular weight excluding hydrogens is 288 g/mol. The molecule has 106 valence electrons. The highest BCUT2D eigenvalue weighted by Gasteiger charge is 2.11. The Bertz CT molecular complexity index is 675. The van der Waals surface area contributed by atoms with E-state index in [1.165, 1.54) is 6.08 Å². The van der Waals surface area contributed by atoms with Crippen molar-refractivity contribution >= 4 is 23.4 Å². The van der Waals surface area contributed by atoms with Crippen LogP contribution in [0.5, 0.6) is 5.75 Å². The molecule has 0 amide bonds. The molecule has 3 nitrogen and oxygen atoms in total. The molecular formula is C17H13ClO3. The number of rotatable bonds is 5. The number of ether oxygens (including phenoxy) is 1. The zero-order valence-electron chi connectivity index (χ0n) is 11.2. The summed E-state index contributed by atoms with van der Waals surface area (Å²) in [4.78, 5) is 23.2. The van der Waals surface area contributed by atoms with E-state index in [0.717, 1.165) is 5.56 Å². The van der Waals surface area contributed by atoms with Gasteiger partial charge in [-0.2, -0.15) is 0 Å². The van der Waals surface area contributed by atoms with Gasteiger partial charge in [0.15, 0.2) is 5.78 Å². The van der Waals surface area contributed by atoms with Crippen LogP contribution in [0.15, 0.2) is 61.2 Å². The number of hydrogen-bond acceptors (Lipinski definition) is 3. The lowest BCUT2D eigenvalue weighted by Crippen LogP contribution is -2.09. The maximum absolute atomic E-state index is 12.0. The highest BCUT2D eigenvalue weighted by Crippen LogP contribution is 2.24. The lowest BCUT2D eigenvalue weighted by atomic mass is 10.1. The van der Waals surface area contributed by atoms with E-state index in [-0.39, 0.29) is 12.2 Å². The van der Waals surface area contributed by atoms with Gasteiger partial charge in [0.1, 0.15) is 5.75 Å². The standard InChI is InChI=1S/C17H13ClO3/c1-2-14(19)11-12-7-9-13(10-8-12)17(20)21-16-6-4-3-5-15(16)18/h2-10H,1,11H2. The van der Waals surface area contributed by atoms with Crippen molar-refractivity contribution in [2.24, 2.45) is 0 Å². The summed E-state index contributed by atoms with van der Waals surface area (Å²) in [6, 6.07) is 13.4. The monoisotopic (exact) mass is 300 g/mol. The molecule has 2 aromatic rings. The molecule has 0 aliphatic carbocycles. The predicted octanol–water partition coefficient (Wildman–Crippen LogP) is 3.86. The van der Waals surface area contributed by atoms with Crippen LogP contribution in [0.25, 0.3) is 0 Å². The molecule has 0 unspecified atom stereocenters. The summed E-state index contributed by atoms with van der Waals surface area (Å²) < 4.78 is 5.22. The first-order chi connectivity index (χ1) is 10.1. The zero-order chi connectivity index (χ0) is 15.2. The molecule has 0 aliphatic heterocycles. The van der Waals surface area contributed by atoms with Crippen LogP contribution in [0, 0.1) is 0 Å². The van der Waals surface area contributed by atoms with Gasteiger partial charge in [-0.25, -0.2) is 4.79 Å². The third-order valence-electron chi connectivity index (χ3n) is 2.83. The molecule has 0 bridgehead atoms. The van der Waals surface area contributed by atoms with E-state index in [4.69, 9.17) is 16.3 Å². The van der Waals surface area contributed by atoms with Gasteiger partial charge in [0, 0.05) is 6.42 Å². The fraction of sp³-hybridized carbons (Fsp3) is 0.0588. The topological polar surface area (TPSA) is 43.4 Å². The highest BCUT2D eigenvalue weighted by atomic mass is 35.5. The molecule has 0 atom stereocenters. The maximum atomic E-state index is 12.0. The normalized spacial score (nSPS) is 9.95. The van der Waals surface area contributed by atoms with Gasteiger partial charge in [-0.3, -0.25) is 4.79 Å². The van der Waals surface area contributed by atoms with Gasteiger partial charge in [0.2, 0.25) is 0 Å². The van der Waals surface area contributed by atoms with Gasteiger partial charge in [0.05, 0.1) is 10.6 Å². The average molecular weight is 301 g/mol. The zero-order valence-corrected chi connectivity index (χ0v) is 12.0. The Balaban J connectivity index is 2.08. The second kappa shape index (κ2) is 6.86. The maximum Gasteiger partial charge on any atom is 0.343 e. The predicted molar refractivity (Wildman–Crippen MR) is 81.8 cm³/mol. The SMILES string of the molecule is C=CC(=O)Cc1ccc(C(=O)Oc2ccccc2Cl)cc1. The minimum absolute atomic E-state index is 0.0682. The molecule has 0 radical (unpaired) electrons. The Kier molecular flexibility index (Phi) is 4.90. The Labute approximate surface area is 127 Å². The van der Waals surface area contributed by atoms with Crippen molar-refractivity contribution in [2.75, 3.05) is 0 Å². The van der Waals surface area contributed by atoms with Gasteiger partial charge in [0.25, 0.3) is 0 Å². The van der Waals surface area contributed by atoms with E-state index in [9.17, 15) is 9.59 Å². The van der Waals surface area contributed by atoms with Crippen molar-refractivity contribution in [1.29, 1.82) is 0 Å². The summed E-state index contributed by atoms with van der Waals surface area (Å²) >= 11 is 5.93. The number of ketones is 1. The third kappa shape index (κ3) is 4.04. The van der Waals surface area contributed by atoms with E-state index in [1.54, 1.807) is 48.5 Å². The number of allylic oxidation sites excluding steroid dienone is 1. The molecule has 2 rings (SSSR count). The van der Waals surface area contributed by atoms with Crippen molar-refractivity contribution in [3.8, 4) is 5.75 Å². The molecule has 4 heteroatoms. The second-order valence-corrected chi connectivity index (χ2v) is 4.77. The molecule has 0 aliphatic rings. The van der Waals surface area contributed by atoms with E-state index in [2.05, 4.69) is 6.58 Å². The molecule has 0 saturated heterocycles. The fourth-order valence-corrected chi connectivity index (χ4v) is 1.89. The highest BCUT2D eigenvalue weighted by molar-refractivity contribution is 6.32. The summed E-state index contributed by atoms with van der Waals surface area (Å²) in [5, 5.41) is 0.374. The lowest BCUT2D eigenvalue weighted by molar-refractivity contribution is -0.114. The van der Waals surface area contributed by atoms with Crippen LogP contribution in [-0.4, -0.2) is 11.8 Å². The number of esters is 1. The molecule has 21 heavy (non-hydrogen) atoms. The van der Waals surface area contributed by atoms with Crippen molar-refractivity contribution in [2.45, 2.75) is 6.42 Å². The molecule has 0 aromatic heterocycles. The van der Waals surface area contributed by atoms with Crippen LogP contribution in [0.3, 0.4) is 0 Å². The number of halogens is 1. The van der Waals surface area contributed by atoms with Crippen LogP contribution in [0.4, 0.5) is 0 Å². The fourth-order valence-electron chi connectivity index (χ4n) is 1.72. The summed E-state index contributed by atoms with van der Waals surface area (Å²) in [5.41, 5.74) is 1.21. The summed E-state index contributed by atoms with van der Waals surface area (Å²) in [6.07, 6.45) is 1.54. The third-order valence-corrected chi connectivity index (χ3v) is 3.15. The molecule has 0 N–H and O–H groups in total. The molecule has 0 saturated carbocycles. The number of carbonyl (C=O) groups is 2. The smallest absolute Gasteiger partial charge is 0.343 e. The quantitative estimate of drug-likeness (QED) is 0.478. The number of carbonyl (C=O) groups excluding carboxylic acids is 2. The summed E-state index contributed by atoms with van der Waals surface area (Å²) in [6.45, 7) is 3.42. The van der Waals surface area contributed by atoms with E-state index >= 15 is 0 Å². The minimum atomic E-state index is -0.496. The Morgan fingerprint density at radius 3 is 2.38 bits per heavy atom. The van der Waals surface area contributed by atoms with Crippen LogP contribution >= 0.6 is 11.6 Å². The first kappa shape index (κ1) is 15.0. The number of benzene rings is 2. The van der Waals surface area contributed by atoms with Gasteiger partial charge < -0.3 is 4.74 Å². The molecule has 0 fully saturated rings. The van der Waals surface area contributed by atoms with Crippen LogP contribution in [-0.2, 0) is 11.2 Å². The van der Waals surface area contributed by atoms with Gasteiger partial charge >= 0.3 is 5.97 Å². The van der Waals surface area contributed by atoms with Crippen molar-refractivity contribution < 1.29 is 14.3 Å². The van der Waals surface area contributed by atoms with Crippen molar-refractivity contribution in [3.63, 3.8) is 0 Å². The lowest BCUT2D eigenvalue weighted by Gasteiger charge is -2.06. The van der Waals surface area contributed by atoms with Gasteiger partial charge in [-0.1, -0.05) is 42.4 Å². The van der Waals surface area contributed by atoms with Crippen molar-refractivity contribution in [3.05, 3.63) is 77.3 Å². The second-order valence-electron chi connectivity index (χ2n) is 4.36. The first-order valence-corrected chi connectivity index (χ1v) is 6.69. The first-order valence-electron chi connectivity index (χ1n) is 6.31. The molecule has 0 heterocycles. The minimum Gasteiger partial charge on any atom is -0.421 e. The average Bonchev–Trinajstić information content (AvgIpc) is 2.50. The largest absolute Gasteiger partial charge is 0.421 e. The number of hydrogen-bond donors (Lipinski definition) is 0. The van der Waals surface area contributed by atoms with Crippen LogP contribution in [0.1, 0.15) is 15.9 Å². The van der Waals surface area contributed by atoms with Gasteiger partial charge in [-0.15, -0.1) is 0 Å². The van der Waals surface area contributed by atoms with Crippen LogP contribution in [0.2, 0.25) is 5.02 Å². The summed E-state index contributed by atoms with van der Waals surface area (Å²) in [7, 11) is 0. The van der Waals surface area contributed by atoms with Gasteiger partial charge in [-0.05, 0) is 35.9 Å². The molecule has 0 spiro atoms. The Morgan fingerprint density at radius 2 is 1.76 bits per heavy atom. The van der Waals surface area contributed by atoms with Crippen molar-refractivity contribution in [1.82, 2.24) is 0 Å².